The van der Waals surface area contributed by atoms with Crippen LogP contribution in [0.3, 0.4) is 0 Å². The van der Waals surface area contributed by atoms with E-state index in [1.807, 2.05) is 36.5 Å². The van der Waals surface area contributed by atoms with E-state index in [0.717, 1.165) is 18.1 Å². The van der Waals surface area contributed by atoms with Crippen molar-refractivity contribution >= 4 is 17.2 Å². The van der Waals surface area contributed by atoms with Crippen molar-refractivity contribution in [2.45, 2.75) is 19.3 Å². The van der Waals surface area contributed by atoms with Gasteiger partial charge in [0.25, 0.3) is 0 Å². The van der Waals surface area contributed by atoms with Gasteiger partial charge in [-0.25, -0.2) is 4.98 Å². The third-order valence-electron chi connectivity index (χ3n) is 4.62. The molecule has 0 saturated heterocycles. The first-order valence-electron chi connectivity index (χ1n) is 8.29. The summed E-state index contributed by atoms with van der Waals surface area (Å²) in [6.07, 6.45) is 2.02. The fourth-order valence-corrected chi connectivity index (χ4v) is 3.24. The van der Waals surface area contributed by atoms with E-state index in [9.17, 15) is 0 Å². The van der Waals surface area contributed by atoms with E-state index in [-0.39, 0.29) is 5.41 Å². The molecule has 0 bridgehead atoms. The number of fused-ring (bicyclic) bond motifs is 3. The van der Waals surface area contributed by atoms with Gasteiger partial charge in [0.2, 0.25) is 0 Å². The lowest BCUT2D eigenvalue weighted by molar-refractivity contribution is 0.559. The quantitative estimate of drug-likeness (QED) is 0.683. The van der Waals surface area contributed by atoms with Gasteiger partial charge in [-0.2, -0.15) is 0 Å². The molecule has 3 nitrogen and oxygen atoms in total. The van der Waals surface area contributed by atoms with Gasteiger partial charge in [-0.3, -0.25) is 0 Å². The summed E-state index contributed by atoms with van der Waals surface area (Å²) in [6.45, 7) is 5.41. The van der Waals surface area contributed by atoms with E-state index in [4.69, 9.17) is 0 Å². The number of anilines is 3. The summed E-state index contributed by atoms with van der Waals surface area (Å²) in [5.41, 5.74) is 6.00. The summed E-state index contributed by atoms with van der Waals surface area (Å²) >= 11 is 0. The van der Waals surface area contributed by atoms with Crippen LogP contribution >= 0.6 is 0 Å². The SMILES string of the molecule is CC1(C)CNc2ccccc2-c2cc(Nc3ccccc3)ncc21. The molecule has 24 heavy (non-hydrogen) atoms. The van der Waals surface area contributed by atoms with E-state index in [2.05, 4.69) is 59.8 Å². The Balaban J connectivity index is 1.83. The normalized spacial score (nSPS) is 14.8. The molecule has 3 aromatic rings. The van der Waals surface area contributed by atoms with Gasteiger partial charge in [0, 0.05) is 35.1 Å². The zero-order valence-electron chi connectivity index (χ0n) is 14.0. The van der Waals surface area contributed by atoms with Crippen molar-refractivity contribution < 1.29 is 0 Å². The Kier molecular flexibility index (Phi) is 3.49. The van der Waals surface area contributed by atoms with Crippen molar-refractivity contribution in [1.82, 2.24) is 4.98 Å². The highest BCUT2D eigenvalue weighted by Crippen LogP contribution is 2.40. The first kappa shape index (κ1) is 14.8. The number of para-hydroxylation sites is 2. The van der Waals surface area contributed by atoms with Crippen molar-refractivity contribution in [2.75, 3.05) is 17.2 Å². The average molecular weight is 315 g/mol. The van der Waals surface area contributed by atoms with Crippen LogP contribution in [-0.2, 0) is 5.41 Å². The topological polar surface area (TPSA) is 37.0 Å². The van der Waals surface area contributed by atoms with Crippen LogP contribution in [0.15, 0.2) is 66.9 Å². The Bertz CT molecular complexity index is 869. The van der Waals surface area contributed by atoms with Gasteiger partial charge in [-0.15, -0.1) is 0 Å². The first-order chi connectivity index (χ1) is 11.6. The molecule has 0 saturated carbocycles. The summed E-state index contributed by atoms with van der Waals surface area (Å²) in [4.78, 5) is 4.66. The molecule has 0 spiro atoms. The standard InChI is InChI=1S/C21H21N3/c1-21(2)14-23-19-11-7-6-10-16(19)17-12-20(22-13-18(17)21)24-15-8-4-3-5-9-15/h3-13,23H,14H2,1-2H3,(H,22,24). The fourth-order valence-electron chi connectivity index (χ4n) is 3.24. The summed E-state index contributed by atoms with van der Waals surface area (Å²) in [5, 5.41) is 6.98. The molecule has 120 valence electrons. The number of benzene rings is 2. The highest BCUT2D eigenvalue weighted by molar-refractivity contribution is 5.83. The number of nitrogens with one attached hydrogen (secondary N) is 2. The second-order valence-electron chi connectivity index (χ2n) is 6.89. The van der Waals surface area contributed by atoms with Gasteiger partial charge in [0.15, 0.2) is 0 Å². The number of hydrogen-bond acceptors (Lipinski definition) is 3. The zero-order valence-corrected chi connectivity index (χ0v) is 14.0. The molecule has 2 aromatic carbocycles. The lowest BCUT2D eigenvalue weighted by atomic mass is 9.82. The molecule has 2 N–H and O–H groups in total. The number of hydrogen-bond donors (Lipinski definition) is 2. The summed E-state index contributed by atoms with van der Waals surface area (Å²) in [5.74, 6) is 0.868. The number of pyridine rings is 1. The molecule has 0 fully saturated rings. The molecule has 0 aliphatic carbocycles. The minimum Gasteiger partial charge on any atom is -0.384 e. The predicted molar refractivity (Wildman–Crippen MR) is 101 cm³/mol. The van der Waals surface area contributed by atoms with E-state index >= 15 is 0 Å². The Hall–Kier alpha value is -2.81. The van der Waals surface area contributed by atoms with Crippen LogP contribution < -0.4 is 10.6 Å². The summed E-state index contributed by atoms with van der Waals surface area (Å²) in [6, 6.07) is 20.8. The third-order valence-corrected chi connectivity index (χ3v) is 4.62. The maximum Gasteiger partial charge on any atom is 0.130 e. The second kappa shape index (κ2) is 5.68. The molecule has 4 rings (SSSR count). The molecule has 0 atom stereocenters. The van der Waals surface area contributed by atoms with Crippen molar-refractivity contribution in [3.63, 3.8) is 0 Å². The van der Waals surface area contributed by atoms with Crippen molar-refractivity contribution in [3.8, 4) is 11.1 Å². The summed E-state index contributed by atoms with van der Waals surface area (Å²) in [7, 11) is 0. The van der Waals surface area contributed by atoms with Crippen LogP contribution in [0.1, 0.15) is 19.4 Å². The van der Waals surface area contributed by atoms with Crippen LogP contribution in [0.2, 0.25) is 0 Å². The Morgan fingerprint density at radius 1 is 0.958 bits per heavy atom. The van der Waals surface area contributed by atoms with Crippen molar-refractivity contribution in [3.05, 3.63) is 72.4 Å². The monoisotopic (exact) mass is 315 g/mol. The fraction of sp³-hybridized carbons (Fsp3) is 0.190. The van der Waals surface area contributed by atoms with Gasteiger partial charge in [0.05, 0.1) is 0 Å². The molecular weight excluding hydrogens is 294 g/mol. The van der Waals surface area contributed by atoms with Crippen LogP contribution in [-0.4, -0.2) is 11.5 Å². The Morgan fingerprint density at radius 3 is 2.54 bits per heavy atom. The van der Waals surface area contributed by atoms with Crippen molar-refractivity contribution in [2.24, 2.45) is 0 Å². The second-order valence-corrected chi connectivity index (χ2v) is 6.89. The molecule has 1 aromatic heterocycles. The van der Waals surface area contributed by atoms with Gasteiger partial charge in [-0.1, -0.05) is 50.2 Å². The van der Waals surface area contributed by atoms with Crippen LogP contribution in [0.4, 0.5) is 17.2 Å². The average Bonchev–Trinajstić information content (AvgIpc) is 2.71. The molecule has 2 heterocycles. The molecule has 0 radical (unpaired) electrons. The van der Waals surface area contributed by atoms with E-state index < -0.39 is 0 Å². The van der Waals surface area contributed by atoms with Gasteiger partial charge in [0.1, 0.15) is 5.82 Å². The molecule has 0 unspecified atom stereocenters. The lowest BCUT2D eigenvalue weighted by Gasteiger charge is -2.25. The van der Waals surface area contributed by atoms with E-state index in [1.165, 1.54) is 22.4 Å². The molecule has 1 aliphatic heterocycles. The smallest absolute Gasteiger partial charge is 0.130 e. The molecule has 3 heteroatoms. The van der Waals surface area contributed by atoms with Gasteiger partial charge in [-0.05, 0) is 35.4 Å². The van der Waals surface area contributed by atoms with Crippen LogP contribution in [0.25, 0.3) is 11.1 Å². The Labute approximate surface area is 142 Å². The Morgan fingerprint density at radius 2 is 1.71 bits per heavy atom. The minimum atomic E-state index is 0.0205. The van der Waals surface area contributed by atoms with E-state index in [0.29, 0.717) is 0 Å². The largest absolute Gasteiger partial charge is 0.384 e. The number of rotatable bonds is 2. The summed E-state index contributed by atoms with van der Waals surface area (Å²) < 4.78 is 0. The zero-order chi connectivity index (χ0) is 16.6. The van der Waals surface area contributed by atoms with E-state index in [1.54, 1.807) is 0 Å². The predicted octanol–water partition coefficient (Wildman–Crippen LogP) is 5.20. The van der Waals surface area contributed by atoms with Crippen LogP contribution in [0.5, 0.6) is 0 Å². The van der Waals surface area contributed by atoms with Crippen LogP contribution in [0, 0.1) is 0 Å². The first-order valence-corrected chi connectivity index (χ1v) is 8.29. The molecular formula is C21H21N3. The van der Waals surface area contributed by atoms with Gasteiger partial charge >= 0.3 is 0 Å². The maximum atomic E-state index is 4.66. The van der Waals surface area contributed by atoms with Gasteiger partial charge < -0.3 is 10.6 Å². The lowest BCUT2D eigenvalue weighted by Crippen LogP contribution is -2.26. The highest BCUT2D eigenvalue weighted by Gasteiger charge is 2.28. The molecule has 0 amide bonds. The number of nitrogens with zero attached hydrogens (tertiary/aromatic N) is 1. The maximum absolute atomic E-state index is 4.66. The highest BCUT2D eigenvalue weighted by atomic mass is 15.0. The molecule has 1 aliphatic rings. The van der Waals surface area contributed by atoms with Crippen molar-refractivity contribution in [1.29, 1.82) is 0 Å². The minimum absolute atomic E-state index is 0.0205. The third kappa shape index (κ3) is 2.62. The number of aromatic nitrogens is 1.